The summed E-state index contributed by atoms with van der Waals surface area (Å²) in [4.78, 5) is 0. The Hall–Kier alpha value is 0.170. The number of morpholine rings is 1. The van der Waals surface area contributed by atoms with E-state index in [-0.39, 0.29) is 18.0 Å². The molecular formula is C7H14ClNO2. The van der Waals surface area contributed by atoms with Crippen molar-refractivity contribution in [2.24, 2.45) is 0 Å². The average molecular weight is 180 g/mol. The molecule has 1 N–H and O–H groups in total. The Balaban J connectivity index is 0.000000605. The third kappa shape index (κ3) is 1.85. The van der Waals surface area contributed by atoms with Crippen LogP contribution in [-0.2, 0) is 9.47 Å². The lowest BCUT2D eigenvalue weighted by Crippen LogP contribution is -2.50. The smallest absolute Gasteiger partial charge is 0.106 e. The second-order valence-electron chi connectivity index (χ2n) is 3.01. The third-order valence-electron chi connectivity index (χ3n) is 2.20. The first-order valence-corrected chi connectivity index (χ1v) is 3.84. The molecule has 0 amide bonds. The van der Waals surface area contributed by atoms with Gasteiger partial charge in [-0.25, -0.2) is 0 Å². The number of rotatable bonds is 0. The summed E-state index contributed by atoms with van der Waals surface area (Å²) in [5.74, 6) is 0. The van der Waals surface area contributed by atoms with Crippen molar-refractivity contribution in [1.82, 2.24) is 5.32 Å². The van der Waals surface area contributed by atoms with Crippen molar-refractivity contribution in [3.63, 3.8) is 0 Å². The minimum atomic E-state index is 0. The molecule has 2 rings (SSSR count). The molecule has 0 radical (unpaired) electrons. The highest BCUT2D eigenvalue weighted by molar-refractivity contribution is 5.85. The number of hydrogen-bond donors (Lipinski definition) is 1. The molecule has 2 aliphatic rings. The van der Waals surface area contributed by atoms with Crippen LogP contribution in [0.2, 0.25) is 0 Å². The van der Waals surface area contributed by atoms with Gasteiger partial charge in [-0.2, -0.15) is 0 Å². The summed E-state index contributed by atoms with van der Waals surface area (Å²) in [6, 6.07) is 0. The van der Waals surface area contributed by atoms with E-state index in [1.54, 1.807) is 0 Å². The maximum Gasteiger partial charge on any atom is 0.106 e. The molecule has 2 saturated heterocycles. The van der Waals surface area contributed by atoms with Gasteiger partial charge in [0.2, 0.25) is 0 Å². The van der Waals surface area contributed by atoms with Gasteiger partial charge in [0.05, 0.1) is 13.2 Å². The summed E-state index contributed by atoms with van der Waals surface area (Å²) in [5, 5.41) is 3.31. The topological polar surface area (TPSA) is 30.5 Å². The summed E-state index contributed by atoms with van der Waals surface area (Å²) < 4.78 is 10.9. The zero-order chi connectivity index (χ0) is 6.86. The molecule has 2 aliphatic heterocycles. The van der Waals surface area contributed by atoms with Crippen LogP contribution in [0.5, 0.6) is 0 Å². The predicted molar refractivity (Wildman–Crippen MR) is 44.2 cm³/mol. The molecule has 0 aromatic carbocycles. The number of hydrogen-bond acceptors (Lipinski definition) is 3. The van der Waals surface area contributed by atoms with Crippen LogP contribution < -0.4 is 5.32 Å². The molecular weight excluding hydrogens is 166 g/mol. The Labute approximate surface area is 72.8 Å². The average Bonchev–Trinajstić information content (AvgIpc) is 2.39. The highest BCUT2D eigenvalue weighted by Crippen LogP contribution is 2.23. The van der Waals surface area contributed by atoms with E-state index in [1.165, 1.54) is 0 Å². The summed E-state index contributed by atoms with van der Waals surface area (Å²) in [6.45, 7) is 4.43. The van der Waals surface area contributed by atoms with Gasteiger partial charge in [0.1, 0.15) is 5.60 Å². The van der Waals surface area contributed by atoms with E-state index >= 15 is 0 Å². The van der Waals surface area contributed by atoms with Gasteiger partial charge in [0, 0.05) is 26.1 Å². The van der Waals surface area contributed by atoms with E-state index in [4.69, 9.17) is 9.47 Å². The lowest BCUT2D eigenvalue weighted by Gasteiger charge is -2.32. The number of nitrogens with one attached hydrogen (secondary N) is 1. The van der Waals surface area contributed by atoms with E-state index in [1.807, 2.05) is 0 Å². The standard InChI is InChI=1S/C7H13NO2.ClH/c1-3-9-6-7(1)5-8-2-4-10-7;/h8H,1-6H2;1H. The number of ether oxygens (including phenoxy) is 2. The largest absolute Gasteiger partial charge is 0.378 e. The molecule has 1 atom stereocenters. The van der Waals surface area contributed by atoms with Crippen LogP contribution >= 0.6 is 12.4 Å². The molecule has 11 heavy (non-hydrogen) atoms. The second-order valence-corrected chi connectivity index (χ2v) is 3.01. The molecule has 4 heteroatoms. The fourth-order valence-electron chi connectivity index (χ4n) is 1.55. The highest BCUT2D eigenvalue weighted by Gasteiger charge is 2.37. The van der Waals surface area contributed by atoms with E-state index < -0.39 is 0 Å². The third-order valence-corrected chi connectivity index (χ3v) is 2.20. The highest BCUT2D eigenvalue weighted by atomic mass is 35.5. The van der Waals surface area contributed by atoms with Crippen LogP contribution in [0.15, 0.2) is 0 Å². The molecule has 1 spiro atoms. The SMILES string of the molecule is C1COC2(CCOC2)CN1.Cl. The van der Waals surface area contributed by atoms with Crippen molar-refractivity contribution < 1.29 is 9.47 Å². The van der Waals surface area contributed by atoms with Crippen LogP contribution in [0.1, 0.15) is 6.42 Å². The normalized spacial score (nSPS) is 37.1. The molecule has 2 fully saturated rings. The molecule has 1 unspecified atom stereocenters. The fraction of sp³-hybridized carbons (Fsp3) is 1.00. The van der Waals surface area contributed by atoms with E-state index in [0.717, 1.165) is 39.3 Å². The molecule has 0 bridgehead atoms. The summed E-state index contributed by atoms with van der Waals surface area (Å²) in [7, 11) is 0. The maximum atomic E-state index is 5.64. The summed E-state index contributed by atoms with van der Waals surface area (Å²) in [5.41, 5.74) is 0.0399. The Kier molecular flexibility index (Phi) is 3.13. The van der Waals surface area contributed by atoms with Crippen molar-refractivity contribution in [2.75, 3.05) is 32.9 Å². The zero-order valence-electron chi connectivity index (χ0n) is 6.47. The molecule has 3 nitrogen and oxygen atoms in total. The van der Waals surface area contributed by atoms with Gasteiger partial charge in [-0.3, -0.25) is 0 Å². The Bertz CT molecular complexity index is 118. The molecule has 0 saturated carbocycles. The van der Waals surface area contributed by atoms with E-state index in [2.05, 4.69) is 5.32 Å². The Morgan fingerprint density at radius 3 is 2.73 bits per heavy atom. The lowest BCUT2D eigenvalue weighted by atomic mass is 10.0. The van der Waals surface area contributed by atoms with Crippen LogP contribution in [0, 0.1) is 0 Å². The van der Waals surface area contributed by atoms with E-state index in [0.29, 0.717) is 0 Å². The molecule has 66 valence electrons. The lowest BCUT2D eigenvalue weighted by molar-refractivity contribution is -0.0674. The van der Waals surface area contributed by atoms with Crippen molar-refractivity contribution in [2.45, 2.75) is 12.0 Å². The first-order chi connectivity index (χ1) is 4.91. The second kappa shape index (κ2) is 3.72. The first kappa shape index (κ1) is 9.26. The van der Waals surface area contributed by atoms with Crippen LogP contribution in [0.3, 0.4) is 0 Å². The predicted octanol–water partition coefficient (Wildman–Crippen LogP) is 0.187. The summed E-state index contributed by atoms with van der Waals surface area (Å²) >= 11 is 0. The van der Waals surface area contributed by atoms with Gasteiger partial charge in [-0.15, -0.1) is 12.4 Å². The van der Waals surface area contributed by atoms with Gasteiger partial charge >= 0.3 is 0 Å². The monoisotopic (exact) mass is 179 g/mol. The van der Waals surface area contributed by atoms with Crippen molar-refractivity contribution in [3.8, 4) is 0 Å². The minimum Gasteiger partial charge on any atom is -0.378 e. The van der Waals surface area contributed by atoms with Gasteiger partial charge in [0.25, 0.3) is 0 Å². The molecule has 0 aromatic heterocycles. The van der Waals surface area contributed by atoms with E-state index in [9.17, 15) is 0 Å². The Morgan fingerprint density at radius 2 is 2.18 bits per heavy atom. The van der Waals surface area contributed by atoms with Crippen molar-refractivity contribution in [3.05, 3.63) is 0 Å². The van der Waals surface area contributed by atoms with Crippen LogP contribution in [0.25, 0.3) is 0 Å². The molecule has 2 heterocycles. The fourth-order valence-corrected chi connectivity index (χ4v) is 1.55. The minimum absolute atomic E-state index is 0. The van der Waals surface area contributed by atoms with Crippen molar-refractivity contribution >= 4 is 12.4 Å². The van der Waals surface area contributed by atoms with Gasteiger partial charge in [0.15, 0.2) is 0 Å². The number of halogens is 1. The van der Waals surface area contributed by atoms with Crippen molar-refractivity contribution in [1.29, 1.82) is 0 Å². The van der Waals surface area contributed by atoms with Gasteiger partial charge in [-0.1, -0.05) is 0 Å². The molecule has 0 aliphatic carbocycles. The van der Waals surface area contributed by atoms with Gasteiger partial charge < -0.3 is 14.8 Å². The van der Waals surface area contributed by atoms with Gasteiger partial charge in [-0.05, 0) is 0 Å². The quantitative estimate of drug-likeness (QED) is 0.576. The Morgan fingerprint density at radius 1 is 1.27 bits per heavy atom. The zero-order valence-corrected chi connectivity index (χ0v) is 7.28. The first-order valence-electron chi connectivity index (χ1n) is 3.84. The summed E-state index contributed by atoms with van der Waals surface area (Å²) in [6.07, 6.45) is 1.06. The van der Waals surface area contributed by atoms with Crippen LogP contribution in [-0.4, -0.2) is 38.5 Å². The molecule has 0 aromatic rings. The maximum absolute atomic E-state index is 5.64. The van der Waals surface area contributed by atoms with Crippen LogP contribution in [0.4, 0.5) is 0 Å².